The van der Waals surface area contributed by atoms with E-state index in [1.165, 1.54) is 12.8 Å². The van der Waals surface area contributed by atoms with Gasteiger partial charge in [0.05, 0.1) is 0 Å². The van der Waals surface area contributed by atoms with E-state index in [0.29, 0.717) is 17.4 Å². The standard InChI is InChI=1S/C10H22N2.C2H4O2.H3N/c1-4-8-6-12-7-10(3,5-2)9(8)11;1-2(3)4;/h8-9,12H,4-7,11H2,1-3H3;1H3,(H,3,4);1H3. The minimum absolute atomic E-state index is 0. The molecule has 1 fully saturated rings. The Kier molecular flexibility index (Phi) is 9.29. The highest BCUT2D eigenvalue weighted by molar-refractivity contribution is 5.60. The molecule has 17 heavy (non-hydrogen) atoms. The van der Waals surface area contributed by atoms with Crippen LogP contribution < -0.4 is 22.3 Å². The minimum Gasteiger partial charge on any atom is -0.550 e. The van der Waals surface area contributed by atoms with E-state index in [4.69, 9.17) is 15.6 Å². The van der Waals surface area contributed by atoms with E-state index < -0.39 is 5.97 Å². The fourth-order valence-electron chi connectivity index (χ4n) is 2.12. The van der Waals surface area contributed by atoms with Crippen LogP contribution in [0.2, 0.25) is 0 Å². The summed E-state index contributed by atoms with van der Waals surface area (Å²) < 4.78 is 0. The summed E-state index contributed by atoms with van der Waals surface area (Å²) in [6, 6.07) is 0.383. The van der Waals surface area contributed by atoms with Crippen molar-refractivity contribution in [1.29, 1.82) is 0 Å². The van der Waals surface area contributed by atoms with Crippen LogP contribution in [0.4, 0.5) is 0 Å². The lowest BCUT2D eigenvalue weighted by atomic mass is 9.71. The van der Waals surface area contributed by atoms with Crippen LogP contribution in [0.5, 0.6) is 0 Å². The zero-order valence-corrected chi connectivity index (χ0v) is 11.9. The molecule has 0 bridgehead atoms. The lowest BCUT2D eigenvalue weighted by molar-refractivity contribution is -0.302. The number of nitrogens with two attached hydrogens (primary N) is 1. The predicted octanol–water partition coefficient (Wildman–Crippen LogP) is 0.492. The highest BCUT2D eigenvalue weighted by atomic mass is 16.4. The largest absolute Gasteiger partial charge is 0.550 e. The summed E-state index contributed by atoms with van der Waals surface area (Å²) in [4.78, 5) is 8.89. The van der Waals surface area contributed by atoms with Crippen molar-refractivity contribution in [3.8, 4) is 0 Å². The summed E-state index contributed by atoms with van der Waals surface area (Å²) in [5.74, 6) is -0.413. The quantitative estimate of drug-likeness (QED) is 0.658. The maximum absolute atomic E-state index is 8.89. The molecule has 0 aromatic heterocycles. The number of carbonyl (C=O) groups excluding carboxylic acids is 1. The van der Waals surface area contributed by atoms with Crippen molar-refractivity contribution in [2.45, 2.75) is 46.6 Å². The average Bonchev–Trinajstić information content (AvgIpc) is 2.21. The molecular weight excluding hydrogens is 218 g/mol. The summed E-state index contributed by atoms with van der Waals surface area (Å²) >= 11 is 0. The molecule has 0 amide bonds. The van der Waals surface area contributed by atoms with Gasteiger partial charge in [-0.1, -0.05) is 27.2 Å². The van der Waals surface area contributed by atoms with Crippen molar-refractivity contribution < 1.29 is 9.90 Å². The molecular formula is C12H29N3O2. The van der Waals surface area contributed by atoms with Gasteiger partial charge in [0.1, 0.15) is 0 Å². The molecule has 1 aliphatic rings. The average molecular weight is 247 g/mol. The number of piperidine rings is 1. The molecule has 1 aliphatic heterocycles. The molecule has 0 aliphatic carbocycles. The molecule has 3 atom stereocenters. The Hall–Kier alpha value is -0.650. The first-order valence-corrected chi connectivity index (χ1v) is 6.01. The van der Waals surface area contributed by atoms with Crippen LogP contribution in [0.15, 0.2) is 0 Å². The van der Waals surface area contributed by atoms with Gasteiger partial charge < -0.3 is 27.1 Å². The smallest absolute Gasteiger partial charge is 0.0383 e. The molecule has 0 spiro atoms. The fourth-order valence-corrected chi connectivity index (χ4v) is 2.12. The van der Waals surface area contributed by atoms with Gasteiger partial charge in [-0.25, -0.2) is 0 Å². The molecule has 1 heterocycles. The van der Waals surface area contributed by atoms with Crippen LogP contribution in [-0.2, 0) is 4.79 Å². The number of aliphatic carboxylic acids is 1. The summed E-state index contributed by atoms with van der Waals surface area (Å²) in [6.07, 6.45) is 2.38. The first-order valence-electron chi connectivity index (χ1n) is 6.01. The Morgan fingerprint density at radius 3 is 2.35 bits per heavy atom. The Balaban J connectivity index is 0. The Labute approximate surface area is 105 Å². The zero-order valence-electron chi connectivity index (χ0n) is 11.9. The Bertz CT molecular complexity index is 220. The van der Waals surface area contributed by atoms with Crippen molar-refractivity contribution in [3.63, 3.8) is 0 Å². The van der Waals surface area contributed by atoms with Crippen molar-refractivity contribution in [2.75, 3.05) is 13.1 Å². The molecule has 0 aromatic carbocycles. The van der Waals surface area contributed by atoms with Crippen LogP contribution in [0.3, 0.4) is 0 Å². The Morgan fingerprint density at radius 2 is 2.00 bits per heavy atom. The normalized spacial score (nSPS) is 31.8. The third kappa shape index (κ3) is 6.00. The molecule has 3 unspecified atom stereocenters. The number of carboxylic acid groups (broad SMARTS) is 1. The molecule has 0 aromatic rings. The summed E-state index contributed by atoms with van der Waals surface area (Å²) in [5.41, 5.74) is 6.56. The van der Waals surface area contributed by atoms with Gasteiger partial charge in [0.15, 0.2) is 0 Å². The third-order valence-corrected chi connectivity index (χ3v) is 3.58. The van der Waals surface area contributed by atoms with Crippen LogP contribution in [0.1, 0.15) is 40.5 Å². The van der Waals surface area contributed by atoms with Gasteiger partial charge in [0.25, 0.3) is 0 Å². The summed E-state index contributed by atoms with van der Waals surface area (Å²) in [7, 11) is 0. The summed E-state index contributed by atoms with van der Waals surface area (Å²) in [5, 5.41) is 12.4. The van der Waals surface area contributed by atoms with E-state index >= 15 is 0 Å². The molecule has 0 saturated carbocycles. The van der Waals surface area contributed by atoms with E-state index in [0.717, 1.165) is 20.0 Å². The maximum atomic E-state index is 8.89. The molecule has 5 heteroatoms. The second kappa shape index (κ2) is 8.44. The fraction of sp³-hybridized carbons (Fsp3) is 0.917. The lowest BCUT2D eigenvalue weighted by Gasteiger charge is -2.44. The van der Waals surface area contributed by atoms with E-state index in [1.807, 2.05) is 0 Å². The van der Waals surface area contributed by atoms with Gasteiger partial charge in [-0.3, -0.25) is 0 Å². The van der Waals surface area contributed by atoms with E-state index in [-0.39, 0.29) is 6.15 Å². The molecule has 1 rings (SSSR count). The van der Waals surface area contributed by atoms with Gasteiger partial charge in [0, 0.05) is 18.6 Å². The molecule has 1 saturated heterocycles. The second-order valence-corrected chi connectivity index (χ2v) is 4.82. The zero-order chi connectivity index (χ0) is 12.8. The van der Waals surface area contributed by atoms with Crippen molar-refractivity contribution >= 4 is 5.97 Å². The van der Waals surface area contributed by atoms with E-state index in [9.17, 15) is 0 Å². The molecule has 7 N–H and O–H groups in total. The first-order chi connectivity index (χ1) is 7.37. The monoisotopic (exact) mass is 247 g/mol. The summed E-state index contributed by atoms with van der Waals surface area (Å²) in [6.45, 7) is 9.92. The highest BCUT2D eigenvalue weighted by Crippen LogP contribution is 2.32. The number of quaternary nitrogens is 1. The van der Waals surface area contributed by atoms with E-state index in [2.05, 4.69) is 26.1 Å². The van der Waals surface area contributed by atoms with Gasteiger partial charge in [0.2, 0.25) is 0 Å². The SMILES string of the molecule is CC(=O)[O-].CCC1CNCC(C)(CC)C1N.[NH4+]. The third-order valence-electron chi connectivity index (χ3n) is 3.58. The topological polar surface area (TPSA) is 115 Å². The number of carbonyl (C=O) groups is 1. The first kappa shape index (κ1) is 18.7. The molecule has 5 nitrogen and oxygen atoms in total. The van der Waals surface area contributed by atoms with Crippen molar-refractivity contribution in [1.82, 2.24) is 11.5 Å². The van der Waals surface area contributed by atoms with Crippen molar-refractivity contribution in [3.05, 3.63) is 0 Å². The van der Waals surface area contributed by atoms with Crippen LogP contribution in [0, 0.1) is 11.3 Å². The number of nitrogens with one attached hydrogen (secondary N) is 1. The van der Waals surface area contributed by atoms with Crippen LogP contribution in [0.25, 0.3) is 0 Å². The highest BCUT2D eigenvalue weighted by Gasteiger charge is 2.37. The number of carboxylic acids is 1. The second-order valence-electron chi connectivity index (χ2n) is 4.82. The maximum Gasteiger partial charge on any atom is 0.0383 e. The molecule has 104 valence electrons. The van der Waals surface area contributed by atoms with Gasteiger partial charge in [-0.2, -0.15) is 0 Å². The van der Waals surface area contributed by atoms with Gasteiger partial charge in [-0.15, -0.1) is 0 Å². The number of hydrogen-bond acceptors (Lipinski definition) is 4. The molecule has 0 radical (unpaired) electrons. The van der Waals surface area contributed by atoms with E-state index in [1.54, 1.807) is 0 Å². The predicted molar refractivity (Wildman–Crippen MR) is 69.7 cm³/mol. The number of hydrogen-bond donors (Lipinski definition) is 3. The minimum atomic E-state index is -1.08. The lowest BCUT2D eigenvalue weighted by Crippen LogP contribution is -2.57. The van der Waals surface area contributed by atoms with Crippen molar-refractivity contribution in [2.24, 2.45) is 17.1 Å². The van der Waals surface area contributed by atoms with Gasteiger partial charge >= 0.3 is 0 Å². The Morgan fingerprint density at radius 1 is 1.53 bits per heavy atom. The van der Waals surface area contributed by atoms with Crippen LogP contribution >= 0.6 is 0 Å². The van der Waals surface area contributed by atoms with Crippen LogP contribution in [-0.4, -0.2) is 25.1 Å². The number of rotatable bonds is 2. The van der Waals surface area contributed by atoms with Gasteiger partial charge in [-0.05, 0) is 31.2 Å².